The number of hydrogen-bond acceptors (Lipinski definition) is 4. The number of likely N-dealkylation sites (N-methyl/N-ethyl adjacent to an activating group) is 1. The first-order chi connectivity index (χ1) is 14.2. The zero-order chi connectivity index (χ0) is 22.0. The number of amides is 1. The van der Waals surface area contributed by atoms with Gasteiger partial charge in [0.25, 0.3) is 5.91 Å². The quantitative estimate of drug-likeness (QED) is 0.515. The number of carbonyl (C=O) groups is 2. The van der Waals surface area contributed by atoms with Crippen molar-refractivity contribution in [2.75, 3.05) is 25.5 Å². The lowest BCUT2D eigenvalue weighted by Gasteiger charge is -2.16. The summed E-state index contributed by atoms with van der Waals surface area (Å²) < 4.78 is 1.87. The average molecular weight is 410 g/mol. The van der Waals surface area contributed by atoms with Crippen LogP contribution in [-0.4, -0.2) is 51.6 Å². The minimum Gasteiger partial charge on any atom is -0.323 e. The Balaban J connectivity index is 1.65. The number of aromatic amines is 1. The van der Waals surface area contributed by atoms with E-state index >= 15 is 0 Å². The number of H-pyrrole nitrogens is 1. The molecule has 0 radical (unpaired) electrons. The topological polar surface area (TPSA) is 97.1 Å². The smallest absolute Gasteiger partial charge is 0.279 e. The lowest BCUT2D eigenvalue weighted by molar-refractivity contribution is -0.861. The Kier molecular flexibility index (Phi) is 6.17. The molecule has 158 valence electrons. The van der Waals surface area contributed by atoms with E-state index in [1.54, 1.807) is 0 Å². The molecule has 0 spiro atoms. The monoisotopic (exact) mass is 409 g/mol. The van der Waals surface area contributed by atoms with Gasteiger partial charge in [-0.15, -0.1) is 0 Å². The van der Waals surface area contributed by atoms with Gasteiger partial charge in [0.15, 0.2) is 6.54 Å². The number of carbonyl (C=O) groups excluding carboxylic acids is 2. The number of ketones is 1. The van der Waals surface area contributed by atoms with Crippen LogP contribution in [-0.2, 0) is 4.79 Å². The molecule has 3 N–H and O–H groups in total. The van der Waals surface area contributed by atoms with Crippen molar-refractivity contribution in [3.05, 3.63) is 58.2 Å². The molecule has 8 nitrogen and oxygen atoms in total. The normalized spacial score (nSPS) is 12.1. The van der Waals surface area contributed by atoms with Crippen molar-refractivity contribution >= 4 is 17.4 Å². The molecule has 1 amide bonds. The second kappa shape index (κ2) is 8.62. The van der Waals surface area contributed by atoms with Crippen molar-refractivity contribution in [3.63, 3.8) is 0 Å². The van der Waals surface area contributed by atoms with E-state index in [-0.39, 0.29) is 24.8 Å². The maximum atomic E-state index is 12.9. The van der Waals surface area contributed by atoms with Gasteiger partial charge >= 0.3 is 0 Å². The van der Waals surface area contributed by atoms with Crippen LogP contribution in [0.15, 0.2) is 24.5 Å². The number of rotatable bonds is 7. The lowest BCUT2D eigenvalue weighted by atomic mass is 10.1. The van der Waals surface area contributed by atoms with Crippen molar-refractivity contribution in [2.24, 2.45) is 0 Å². The van der Waals surface area contributed by atoms with Gasteiger partial charge in [0, 0.05) is 22.6 Å². The highest BCUT2D eigenvalue weighted by Crippen LogP contribution is 2.21. The molecular formula is C22H29N6O2+. The zero-order valence-corrected chi connectivity index (χ0v) is 18.4. The third-order valence-corrected chi connectivity index (χ3v) is 5.21. The molecule has 0 aliphatic rings. The summed E-state index contributed by atoms with van der Waals surface area (Å²) in [5.41, 5.74) is 6.42. The van der Waals surface area contributed by atoms with Gasteiger partial charge in [0.05, 0.1) is 7.05 Å². The SMILES string of the molecule is Cc1cc(C)c(NC(=O)C[NH+](C)CC(=O)c2cc(C)n(-c3ncn[nH]3)c2C)c(C)c1. The predicted octanol–water partition coefficient (Wildman–Crippen LogP) is 1.47. The van der Waals surface area contributed by atoms with Crippen LogP contribution in [0.3, 0.4) is 0 Å². The van der Waals surface area contributed by atoms with Crippen molar-refractivity contribution in [1.82, 2.24) is 19.7 Å². The Morgan fingerprint density at radius 2 is 1.73 bits per heavy atom. The first-order valence-corrected chi connectivity index (χ1v) is 9.94. The van der Waals surface area contributed by atoms with Crippen LogP contribution in [0.4, 0.5) is 5.69 Å². The Labute approximate surface area is 176 Å². The molecule has 3 aromatic rings. The van der Waals surface area contributed by atoms with Crippen LogP contribution < -0.4 is 10.2 Å². The van der Waals surface area contributed by atoms with Crippen LogP contribution in [0.25, 0.3) is 5.95 Å². The molecule has 3 rings (SSSR count). The highest BCUT2D eigenvalue weighted by atomic mass is 16.2. The molecule has 2 aromatic heterocycles. The van der Waals surface area contributed by atoms with Gasteiger partial charge in [-0.3, -0.25) is 14.2 Å². The Morgan fingerprint density at radius 3 is 2.33 bits per heavy atom. The van der Waals surface area contributed by atoms with E-state index in [9.17, 15) is 9.59 Å². The van der Waals surface area contributed by atoms with Crippen molar-refractivity contribution < 1.29 is 14.5 Å². The number of aryl methyl sites for hydroxylation is 4. The highest BCUT2D eigenvalue weighted by molar-refractivity contribution is 5.98. The standard InChI is InChI=1S/C22H28N6O2/c1-13-7-14(2)21(15(3)8-13)25-20(30)11-27(6)10-19(29)18-9-16(4)28(17(18)5)22-23-12-24-26-22/h7-9,12H,10-11H2,1-6H3,(H,25,30)(H,23,24,26)/p+1. The van der Waals surface area contributed by atoms with Crippen LogP contribution in [0.5, 0.6) is 0 Å². The summed E-state index contributed by atoms with van der Waals surface area (Å²) in [6.45, 7) is 10.2. The number of quaternary nitrogens is 1. The Hall–Kier alpha value is -3.26. The van der Waals surface area contributed by atoms with Crippen molar-refractivity contribution in [1.29, 1.82) is 0 Å². The van der Waals surface area contributed by atoms with Crippen LogP contribution in [0.1, 0.15) is 38.4 Å². The van der Waals surface area contributed by atoms with Gasteiger partial charge in [0.2, 0.25) is 11.7 Å². The van der Waals surface area contributed by atoms with E-state index in [0.717, 1.165) is 33.1 Å². The molecule has 1 atom stereocenters. The number of aromatic nitrogens is 4. The van der Waals surface area contributed by atoms with Crippen LogP contribution >= 0.6 is 0 Å². The molecule has 0 aliphatic heterocycles. The number of anilines is 1. The number of nitrogens with one attached hydrogen (secondary N) is 3. The van der Waals surface area contributed by atoms with E-state index in [1.807, 2.05) is 64.4 Å². The molecule has 0 saturated carbocycles. The summed E-state index contributed by atoms with van der Waals surface area (Å²) >= 11 is 0. The molecule has 8 heteroatoms. The maximum Gasteiger partial charge on any atom is 0.279 e. The summed E-state index contributed by atoms with van der Waals surface area (Å²) in [6, 6.07) is 5.95. The predicted molar refractivity (Wildman–Crippen MR) is 115 cm³/mol. The average Bonchev–Trinajstić information content (AvgIpc) is 3.25. The van der Waals surface area contributed by atoms with Crippen LogP contribution in [0, 0.1) is 34.6 Å². The molecular weight excluding hydrogens is 380 g/mol. The van der Waals surface area contributed by atoms with Crippen LogP contribution in [0.2, 0.25) is 0 Å². The molecule has 0 fully saturated rings. The van der Waals surface area contributed by atoms with E-state index < -0.39 is 0 Å². The first-order valence-electron chi connectivity index (χ1n) is 9.94. The summed E-state index contributed by atoms with van der Waals surface area (Å²) in [6.07, 6.45) is 1.43. The van der Waals surface area contributed by atoms with E-state index in [0.29, 0.717) is 11.5 Å². The van der Waals surface area contributed by atoms with Gasteiger partial charge in [0.1, 0.15) is 12.9 Å². The molecule has 1 aromatic carbocycles. The molecule has 1 unspecified atom stereocenters. The summed E-state index contributed by atoms with van der Waals surface area (Å²) in [4.78, 5) is 30.4. The van der Waals surface area contributed by atoms with Crippen molar-refractivity contribution in [2.45, 2.75) is 34.6 Å². The third kappa shape index (κ3) is 4.49. The Bertz CT molecular complexity index is 1060. The molecule has 30 heavy (non-hydrogen) atoms. The van der Waals surface area contributed by atoms with E-state index in [1.165, 1.54) is 11.9 Å². The minimum absolute atomic E-state index is 0.0122. The molecule has 0 aliphatic carbocycles. The second-order valence-electron chi connectivity index (χ2n) is 7.99. The molecule has 2 heterocycles. The molecule has 0 saturated heterocycles. The summed E-state index contributed by atoms with van der Waals surface area (Å²) in [5, 5.41) is 9.70. The third-order valence-electron chi connectivity index (χ3n) is 5.21. The zero-order valence-electron chi connectivity index (χ0n) is 18.4. The van der Waals surface area contributed by atoms with Gasteiger partial charge in [-0.2, -0.15) is 10.1 Å². The minimum atomic E-state index is -0.109. The summed E-state index contributed by atoms with van der Waals surface area (Å²) in [5.74, 6) is 0.456. The van der Waals surface area contributed by atoms with E-state index in [4.69, 9.17) is 0 Å². The van der Waals surface area contributed by atoms with Gasteiger partial charge in [-0.25, -0.2) is 5.10 Å². The van der Waals surface area contributed by atoms with Gasteiger partial charge in [-0.1, -0.05) is 17.7 Å². The molecule has 0 bridgehead atoms. The lowest BCUT2D eigenvalue weighted by Crippen LogP contribution is -3.11. The fraction of sp³-hybridized carbons (Fsp3) is 0.364. The number of Topliss-reactive ketones (excluding diaryl/α,β-unsaturated/α-hetero) is 1. The largest absolute Gasteiger partial charge is 0.323 e. The van der Waals surface area contributed by atoms with Crippen molar-refractivity contribution in [3.8, 4) is 5.95 Å². The summed E-state index contributed by atoms with van der Waals surface area (Å²) in [7, 11) is 1.85. The van der Waals surface area contributed by atoms with Gasteiger partial charge < -0.3 is 10.2 Å². The fourth-order valence-electron chi connectivity index (χ4n) is 3.94. The fourth-order valence-corrected chi connectivity index (χ4v) is 3.94. The van der Waals surface area contributed by atoms with Gasteiger partial charge in [-0.05, 0) is 51.8 Å². The number of nitrogens with zero attached hydrogens (tertiary/aromatic N) is 3. The van der Waals surface area contributed by atoms with E-state index in [2.05, 4.69) is 20.5 Å². The number of hydrogen-bond donors (Lipinski definition) is 3. The second-order valence-corrected chi connectivity index (χ2v) is 7.99. The maximum absolute atomic E-state index is 12.9. The number of benzene rings is 1. The highest BCUT2D eigenvalue weighted by Gasteiger charge is 2.22. The Morgan fingerprint density at radius 1 is 1.07 bits per heavy atom. The first kappa shape index (κ1) is 21.4.